The summed E-state index contributed by atoms with van der Waals surface area (Å²) in [7, 11) is 2.01. The Hall–Kier alpha value is -2.49. The number of aromatic nitrogens is 2. The summed E-state index contributed by atoms with van der Waals surface area (Å²) in [5.74, 6) is 1.98. The Morgan fingerprint density at radius 2 is 2.35 bits per heavy atom. The van der Waals surface area contributed by atoms with Gasteiger partial charge < -0.3 is 9.80 Å². The minimum absolute atomic E-state index is 0.0540. The molecule has 120 valence electrons. The van der Waals surface area contributed by atoms with Gasteiger partial charge in [0.1, 0.15) is 18.6 Å². The predicted molar refractivity (Wildman–Crippen MR) is 86.7 cm³/mol. The molecule has 0 saturated carbocycles. The highest BCUT2D eigenvalue weighted by molar-refractivity contribution is 5.79. The van der Waals surface area contributed by atoms with Crippen LogP contribution in [0, 0.1) is 17.2 Å². The summed E-state index contributed by atoms with van der Waals surface area (Å²) >= 11 is 0. The fourth-order valence-electron chi connectivity index (χ4n) is 3.33. The van der Waals surface area contributed by atoms with E-state index in [2.05, 4.69) is 26.8 Å². The minimum atomic E-state index is -0.0888. The molecule has 3 rings (SSSR count). The summed E-state index contributed by atoms with van der Waals surface area (Å²) in [6.07, 6.45) is 5.01. The van der Waals surface area contributed by atoms with Gasteiger partial charge in [0.05, 0.1) is 12.1 Å². The monoisotopic (exact) mass is 312 g/mol. The first-order valence-corrected chi connectivity index (χ1v) is 7.85. The number of carbonyl (C=O) groups excluding carboxylic acids is 1. The number of amides is 1. The molecule has 1 aromatic heterocycles. The second kappa shape index (κ2) is 6.32. The van der Waals surface area contributed by atoms with Crippen molar-refractivity contribution in [3.05, 3.63) is 11.9 Å². The molecule has 0 N–H and O–H groups in total. The zero-order valence-corrected chi connectivity index (χ0v) is 13.4. The molecule has 2 aliphatic heterocycles. The minimum Gasteiger partial charge on any atom is -0.354 e. The molecule has 0 bridgehead atoms. The summed E-state index contributed by atoms with van der Waals surface area (Å²) in [6.45, 7) is 3.54. The van der Waals surface area contributed by atoms with E-state index >= 15 is 0 Å². The average Bonchev–Trinajstić information content (AvgIpc) is 3.03. The van der Waals surface area contributed by atoms with Gasteiger partial charge >= 0.3 is 0 Å². The van der Waals surface area contributed by atoms with Gasteiger partial charge in [0.25, 0.3) is 0 Å². The molecule has 2 atom stereocenters. The molecule has 1 aromatic rings. The van der Waals surface area contributed by atoms with Crippen molar-refractivity contribution >= 4 is 23.8 Å². The van der Waals surface area contributed by atoms with Gasteiger partial charge in [-0.15, -0.1) is 0 Å². The molecule has 1 saturated heterocycles. The Morgan fingerprint density at radius 3 is 3.13 bits per heavy atom. The van der Waals surface area contributed by atoms with Crippen molar-refractivity contribution in [2.75, 3.05) is 25.0 Å². The number of anilines is 1. The van der Waals surface area contributed by atoms with E-state index in [1.54, 1.807) is 11.2 Å². The van der Waals surface area contributed by atoms with Crippen molar-refractivity contribution in [3.63, 3.8) is 0 Å². The Balaban J connectivity index is 1.81. The highest BCUT2D eigenvalue weighted by Crippen LogP contribution is 2.32. The van der Waals surface area contributed by atoms with Crippen LogP contribution in [0.2, 0.25) is 0 Å². The van der Waals surface area contributed by atoms with Gasteiger partial charge in [-0.05, 0) is 12.3 Å². The zero-order valence-electron chi connectivity index (χ0n) is 13.4. The first-order chi connectivity index (χ1) is 11.1. The van der Waals surface area contributed by atoms with Crippen molar-refractivity contribution in [2.24, 2.45) is 10.9 Å². The second-order valence-electron chi connectivity index (χ2n) is 6.13. The molecule has 0 aromatic carbocycles. The lowest BCUT2D eigenvalue weighted by Crippen LogP contribution is -2.53. The molecule has 1 amide bonds. The molecular weight excluding hydrogens is 292 g/mol. The number of likely N-dealkylation sites (tertiary alicyclic amines) is 1. The standard InChI is InChI=1S/C16H20N6O/c1-11-5-8-22(14(23)3-6-17)9-13(11)21(2)16-12-4-7-18-15(12)19-10-20-16/h7,10-11,13H,3-5,8-9H2,1-2H3/t11-,13+/m0/s1. The third-order valence-electron chi connectivity index (χ3n) is 4.74. The summed E-state index contributed by atoms with van der Waals surface area (Å²) in [6, 6.07) is 2.12. The van der Waals surface area contributed by atoms with Crippen molar-refractivity contribution in [1.29, 1.82) is 5.26 Å². The van der Waals surface area contributed by atoms with Crippen LogP contribution in [-0.2, 0) is 11.2 Å². The molecule has 1 fully saturated rings. The Bertz CT molecular complexity index is 680. The molecule has 3 heterocycles. The maximum atomic E-state index is 12.0. The number of rotatable bonds is 3. The van der Waals surface area contributed by atoms with Crippen molar-refractivity contribution in [3.8, 4) is 6.07 Å². The normalized spacial score (nSPS) is 22.6. The highest BCUT2D eigenvalue weighted by atomic mass is 16.2. The van der Waals surface area contributed by atoms with Crippen molar-refractivity contribution < 1.29 is 4.79 Å². The quantitative estimate of drug-likeness (QED) is 0.840. The lowest BCUT2D eigenvalue weighted by molar-refractivity contribution is -0.131. The fourth-order valence-corrected chi connectivity index (χ4v) is 3.33. The third-order valence-corrected chi connectivity index (χ3v) is 4.74. The number of piperidine rings is 1. The number of aliphatic imine (C=N–C) groups is 1. The fraction of sp³-hybridized carbons (Fsp3) is 0.562. The SMILES string of the molecule is C[C@H]1CCN(C(=O)CC#N)C[C@H]1N(C)c1ncnc2c1CC=N2. The van der Waals surface area contributed by atoms with Gasteiger partial charge in [0.2, 0.25) is 5.91 Å². The second-order valence-corrected chi connectivity index (χ2v) is 6.13. The van der Waals surface area contributed by atoms with E-state index in [0.717, 1.165) is 36.6 Å². The average molecular weight is 312 g/mol. The first kappa shape index (κ1) is 15.4. The van der Waals surface area contributed by atoms with Gasteiger partial charge in [0.15, 0.2) is 5.82 Å². The van der Waals surface area contributed by atoms with Crippen LogP contribution in [0.15, 0.2) is 11.3 Å². The molecule has 0 spiro atoms. The predicted octanol–water partition coefficient (Wildman–Crippen LogP) is 1.32. The van der Waals surface area contributed by atoms with Gasteiger partial charge in [0, 0.05) is 38.3 Å². The molecule has 0 radical (unpaired) electrons. The van der Waals surface area contributed by atoms with Crippen LogP contribution >= 0.6 is 0 Å². The molecule has 0 unspecified atom stereocenters. The maximum Gasteiger partial charge on any atom is 0.236 e. The molecule has 0 aliphatic carbocycles. The molecule has 7 nitrogen and oxygen atoms in total. The van der Waals surface area contributed by atoms with Crippen LogP contribution in [0.3, 0.4) is 0 Å². The summed E-state index contributed by atoms with van der Waals surface area (Å²) in [5.41, 5.74) is 1.04. The van der Waals surface area contributed by atoms with E-state index in [4.69, 9.17) is 5.26 Å². The molecule has 2 aliphatic rings. The number of nitrogens with zero attached hydrogens (tertiary/aromatic N) is 6. The van der Waals surface area contributed by atoms with E-state index in [1.807, 2.05) is 19.3 Å². The van der Waals surface area contributed by atoms with Crippen LogP contribution in [0.1, 0.15) is 25.3 Å². The zero-order chi connectivity index (χ0) is 16.4. The van der Waals surface area contributed by atoms with Gasteiger partial charge in [-0.1, -0.05) is 6.92 Å². The largest absolute Gasteiger partial charge is 0.354 e. The number of carbonyl (C=O) groups is 1. The van der Waals surface area contributed by atoms with Crippen LogP contribution in [0.4, 0.5) is 11.6 Å². The van der Waals surface area contributed by atoms with E-state index in [9.17, 15) is 4.79 Å². The maximum absolute atomic E-state index is 12.0. The van der Waals surface area contributed by atoms with Crippen LogP contribution in [-0.4, -0.2) is 53.2 Å². The van der Waals surface area contributed by atoms with Crippen LogP contribution < -0.4 is 4.90 Å². The number of nitriles is 1. The number of hydrogen-bond acceptors (Lipinski definition) is 6. The smallest absolute Gasteiger partial charge is 0.236 e. The highest BCUT2D eigenvalue weighted by Gasteiger charge is 2.33. The molecular formula is C16H20N6O. The van der Waals surface area contributed by atoms with Gasteiger partial charge in [-0.3, -0.25) is 4.79 Å². The number of hydrogen-bond donors (Lipinski definition) is 0. The summed E-state index contributed by atoms with van der Waals surface area (Å²) < 4.78 is 0. The summed E-state index contributed by atoms with van der Waals surface area (Å²) in [4.78, 5) is 28.9. The molecule has 23 heavy (non-hydrogen) atoms. The lowest BCUT2D eigenvalue weighted by atomic mass is 9.92. The Labute approximate surface area is 135 Å². The first-order valence-electron chi connectivity index (χ1n) is 7.85. The topological polar surface area (TPSA) is 85.5 Å². The van der Waals surface area contributed by atoms with E-state index in [1.165, 1.54) is 0 Å². The molecule has 7 heteroatoms. The van der Waals surface area contributed by atoms with Crippen LogP contribution in [0.5, 0.6) is 0 Å². The number of likely N-dealkylation sites (N-methyl/N-ethyl adjacent to an activating group) is 1. The van der Waals surface area contributed by atoms with E-state index in [0.29, 0.717) is 12.5 Å². The van der Waals surface area contributed by atoms with Crippen molar-refractivity contribution in [2.45, 2.75) is 32.2 Å². The third kappa shape index (κ3) is 2.89. The van der Waals surface area contributed by atoms with Gasteiger partial charge in [-0.2, -0.15) is 5.26 Å². The summed E-state index contributed by atoms with van der Waals surface area (Å²) in [5, 5.41) is 8.74. The Kier molecular flexibility index (Phi) is 4.24. The van der Waals surface area contributed by atoms with Crippen LogP contribution in [0.25, 0.3) is 0 Å². The Morgan fingerprint density at radius 1 is 1.52 bits per heavy atom. The number of fused-ring (bicyclic) bond motifs is 1. The van der Waals surface area contributed by atoms with E-state index < -0.39 is 0 Å². The van der Waals surface area contributed by atoms with E-state index in [-0.39, 0.29) is 18.4 Å². The van der Waals surface area contributed by atoms with Gasteiger partial charge in [-0.25, -0.2) is 15.0 Å². The van der Waals surface area contributed by atoms with Crippen molar-refractivity contribution in [1.82, 2.24) is 14.9 Å². The lowest BCUT2D eigenvalue weighted by Gasteiger charge is -2.42.